The summed E-state index contributed by atoms with van der Waals surface area (Å²) in [6.45, 7) is 7.84. The van der Waals surface area contributed by atoms with Gasteiger partial charge in [0.2, 0.25) is 0 Å². The molecular formula is C13H18BrN3O. The third-order valence-electron chi connectivity index (χ3n) is 3.28. The van der Waals surface area contributed by atoms with Gasteiger partial charge in [0.15, 0.2) is 0 Å². The fourth-order valence-corrected chi connectivity index (χ4v) is 2.34. The van der Waals surface area contributed by atoms with E-state index in [1.807, 2.05) is 11.0 Å². The molecule has 2 rings (SSSR count). The van der Waals surface area contributed by atoms with Crippen molar-refractivity contribution in [3.63, 3.8) is 0 Å². The molecule has 0 N–H and O–H groups in total. The largest absolute Gasteiger partial charge is 0.335 e. The summed E-state index contributed by atoms with van der Waals surface area (Å²) >= 11 is 3.32. The van der Waals surface area contributed by atoms with Gasteiger partial charge in [-0.2, -0.15) is 0 Å². The number of amides is 1. The molecule has 0 spiro atoms. The first kappa shape index (κ1) is 13.5. The number of rotatable bonds is 2. The van der Waals surface area contributed by atoms with Gasteiger partial charge in [-0.25, -0.2) is 4.98 Å². The van der Waals surface area contributed by atoms with Crippen LogP contribution in [0.5, 0.6) is 0 Å². The summed E-state index contributed by atoms with van der Waals surface area (Å²) in [4.78, 5) is 20.6. The summed E-state index contributed by atoms with van der Waals surface area (Å²) in [5.74, 6) is 0.0332. The third-order valence-corrected chi connectivity index (χ3v) is 3.75. The van der Waals surface area contributed by atoms with Crippen LogP contribution in [0, 0.1) is 0 Å². The van der Waals surface area contributed by atoms with E-state index in [-0.39, 0.29) is 5.91 Å². The number of carbonyl (C=O) groups is 1. The van der Waals surface area contributed by atoms with E-state index in [4.69, 9.17) is 0 Å². The average Bonchev–Trinajstić information content (AvgIpc) is 2.39. The summed E-state index contributed by atoms with van der Waals surface area (Å²) in [7, 11) is 0. The van der Waals surface area contributed by atoms with Crippen LogP contribution in [-0.2, 0) is 0 Å². The first-order chi connectivity index (χ1) is 8.58. The van der Waals surface area contributed by atoms with Gasteiger partial charge in [0.1, 0.15) is 5.69 Å². The van der Waals surface area contributed by atoms with Gasteiger partial charge in [-0.1, -0.05) is 0 Å². The van der Waals surface area contributed by atoms with E-state index in [2.05, 4.69) is 39.7 Å². The second-order valence-corrected chi connectivity index (χ2v) is 5.70. The molecule has 1 aliphatic heterocycles. The van der Waals surface area contributed by atoms with Gasteiger partial charge in [0.25, 0.3) is 5.91 Å². The van der Waals surface area contributed by atoms with Gasteiger partial charge in [0.05, 0.1) is 0 Å². The number of nitrogens with zero attached hydrogens (tertiary/aromatic N) is 3. The summed E-state index contributed by atoms with van der Waals surface area (Å²) in [5, 5.41) is 0. The van der Waals surface area contributed by atoms with Gasteiger partial charge in [-0.05, 0) is 41.9 Å². The fraction of sp³-hybridized carbons (Fsp3) is 0.538. The first-order valence-electron chi connectivity index (χ1n) is 6.23. The Morgan fingerprint density at radius 3 is 2.44 bits per heavy atom. The Balaban J connectivity index is 1.97. The minimum Gasteiger partial charge on any atom is -0.335 e. The molecule has 2 heterocycles. The van der Waals surface area contributed by atoms with Crippen LogP contribution in [0.1, 0.15) is 24.3 Å². The Morgan fingerprint density at radius 2 is 1.94 bits per heavy atom. The molecule has 0 aliphatic carbocycles. The summed E-state index contributed by atoms with van der Waals surface area (Å²) in [6.07, 6.45) is 1.66. The van der Waals surface area contributed by atoms with Crippen molar-refractivity contribution in [2.75, 3.05) is 26.2 Å². The van der Waals surface area contributed by atoms with Crippen molar-refractivity contribution in [2.45, 2.75) is 19.9 Å². The van der Waals surface area contributed by atoms with Crippen LogP contribution in [0.3, 0.4) is 0 Å². The SMILES string of the molecule is CC(C)N1CCN(C(=O)c2ccc(Br)cn2)CC1. The van der Waals surface area contributed by atoms with Crippen molar-refractivity contribution in [1.82, 2.24) is 14.8 Å². The predicted molar refractivity (Wildman–Crippen MR) is 74.5 cm³/mol. The fourth-order valence-electron chi connectivity index (χ4n) is 2.11. The molecule has 1 aromatic rings. The summed E-state index contributed by atoms with van der Waals surface area (Å²) < 4.78 is 0.892. The van der Waals surface area contributed by atoms with Gasteiger partial charge in [-0.15, -0.1) is 0 Å². The molecule has 4 nitrogen and oxygen atoms in total. The molecule has 5 heteroatoms. The van der Waals surface area contributed by atoms with Crippen LogP contribution in [0.15, 0.2) is 22.8 Å². The maximum atomic E-state index is 12.2. The molecule has 0 bridgehead atoms. The van der Waals surface area contributed by atoms with E-state index in [9.17, 15) is 4.79 Å². The van der Waals surface area contributed by atoms with E-state index >= 15 is 0 Å². The Bertz CT molecular complexity index is 411. The summed E-state index contributed by atoms with van der Waals surface area (Å²) in [5.41, 5.74) is 0.524. The number of halogens is 1. The molecule has 0 unspecified atom stereocenters. The Hall–Kier alpha value is -0.940. The van der Waals surface area contributed by atoms with Crippen LogP contribution >= 0.6 is 15.9 Å². The maximum absolute atomic E-state index is 12.2. The van der Waals surface area contributed by atoms with Crippen LogP contribution in [-0.4, -0.2) is 52.9 Å². The smallest absolute Gasteiger partial charge is 0.272 e. The molecule has 18 heavy (non-hydrogen) atoms. The minimum absolute atomic E-state index is 0.0332. The topological polar surface area (TPSA) is 36.4 Å². The molecule has 0 aromatic carbocycles. The lowest BCUT2D eigenvalue weighted by molar-refractivity contribution is 0.0590. The maximum Gasteiger partial charge on any atom is 0.272 e. The molecule has 1 fully saturated rings. The zero-order chi connectivity index (χ0) is 13.1. The van der Waals surface area contributed by atoms with Crippen LogP contribution in [0.4, 0.5) is 0 Å². The van der Waals surface area contributed by atoms with E-state index in [0.29, 0.717) is 11.7 Å². The van der Waals surface area contributed by atoms with Crippen molar-refractivity contribution in [3.05, 3.63) is 28.5 Å². The lowest BCUT2D eigenvalue weighted by atomic mass is 10.2. The zero-order valence-corrected chi connectivity index (χ0v) is 12.4. The Labute approximate surface area is 116 Å². The molecular weight excluding hydrogens is 294 g/mol. The minimum atomic E-state index is 0.0332. The highest BCUT2D eigenvalue weighted by molar-refractivity contribution is 9.10. The average molecular weight is 312 g/mol. The van der Waals surface area contributed by atoms with E-state index in [0.717, 1.165) is 30.7 Å². The number of hydrogen-bond acceptors (Lipinski definition) is 3. The van der Waals surface area contributed by atoms with E-state index < -0.39 is 0 Å². The molecule has 1 aliphatic rings. The molecule has 1 saturated heterocycles. The van der Waals surface area contributed by atoms with Crippen molar-refractivity contribution >= 4 is 21.8 Å². The number of carbonyl (C=O) groups excluding carboxylic acids is 1. The highest BCUT2D eigenvalue weighted by Crippen LogP contribution is 2.12. The highest BCUT2D eigenvalue weighted by Gasteiger charge is 2.23. The summed E-state index contributed by atoms with van der Waals surface area (Å²) in [6, 6.07) is 4.17. The second-order valence-electron chi connectivity index (χ2n) is 4.78. The predicted octanol–water partition coefficient (Wildman–Crippen LogP) is 2.01. The van der Waals surface area contributed by atoms with Crippen molar-refractivity contribution in [3.8, 4) is 0 Å². The van der Waals surface area contributed by atoms with Crippen molar-refractivity contribution in [1.29, 1.82) is 0 Å². The lowest BCUT2D eigenvalue weighted by Crippen LogP contribution is -2.50. The second kappa shape index (κ2) is 5.80. The number of hydrogen-bond donors (Lipinski definition) is 0. The normalized spacial score (nSPS) is 17.2. The van der Waals surface area contributed by atoms with E-state index in [1.54, 1.807) is 12.3 Å². The monoisotopic (exact) mass is 311 g/mol. The molecule has 98 valence electrons. The molecule has 0 atom stereocenters. The van der Waals surface area contributed by atoms with Gasteiger partial charge >= 0.3 is 0 Å². The Morgan fingerprint density at radius 1 is 1.28 bits per heavy atom. The molecule has 0 saturated carbocycles. The number of piperazine rings is 1. The molecule has 1 aromatic heterocycles. The van der Waals surface area contributed by atoms with Crippen molar-refractivity contribution < 1.29 is 4.79 Å². The van der Waals surface area contributed by atoms with Gasteiger partial charge in [-0.3, -0.25) is 9.69 Å². The van der Waals surface area contributed by atoms with Crippen LogP contribution in [0.25, 0.3) is 0 Å². The first-order valence-corrected chi connectivity index (χ1v) is 7.02. The Kier molecular flexibility index (Phi) is 4.35. The molecule has 0 radical (unpaired) electrons. The lowest BCUT2D eigenvalue weighted by Gasteiger charge is -2.36. The molecule has 1 amide bonds. The van der Waals surface area contributed by atoms with Crippen LogP contribution < -0.4 is 0 Å². The van der Waals surface area contributed by atoms with Crippen molar-refractivity contribution in [2.24, 2.45) is 0 Å². The number of pyridine rings is 1. The highest BCUT2D eigenvalue weighted by atomic mass is 79.9. The number of aromatic nitrogens is 1. The van der Waals surface area contributed by atoms with Crippen LogP contribution in [0.2, 0.25) is 0 Å². The van der Waals surface area contributed by atoms with Gasteiger partial charge < -0.3 is 4.90 Å². The third kappa shape index (κ3) is 3.09. The zero-order valence-electron chi connectivity index (χ0n) is 10.8. The van der Waals surface area contributed by atoms with Gasteiger partial charge in [0, 0.05) is 42.9 Å². The van der Waals surface area contributed by atoms with E-state index in [1.165, 1.54) is 0 Å². The standard InChI is InChI=1S/C13H18BrN3O/c1-10(2)16-5-7-17(8-6-16)13(18)12-4-3-11(14)9-15-12/h3-4,9-10H,5-8H2,1-2H3. The quantitative estimate of drug-likeness (QED) is 0.838.